The van der Waals surface area contributed by atoms with Gasteiger partial charge in [-0.1, -0.05) is 54.6 Å². The third-order valence-electron chi connectivity index (χ3n) is 6.44. The Hall–Kier alpha value is -3.25. The Bertz CT molecular complexity index is 1090. The lowest BCUT2D eigenvalue weighted by molar-refractivity contribution is -0.122. The first-order valence-electron chi connectivity index (χ1n) is 11.5. The first-order chi connectivity index (χ1) is 15.8. The van der Waals surface area contributed by atoms with Crippen LogP contribution < -0.4 is 5.32 Å². The molecule has 32 heavy (non-hydrogen) atoms. The average Bonchev–Trinajstić information content (AvgIpc) is 3.28. The Morgan fingerprint density at radius 2 is 1.81 bits per heavy atom. The van der Waals surface area contributed by atoms with Gasteiger partial charge in [0, 0.05) is 43.9 Å². The summed E-state index contributed by atoms with van der Waals surface area (Å²) in [4.78, 5) is 19.7. The second kappa shape index (κ2) is 9.49. The molecule has 2 aliphatic rings. The van der Waals surface area contributed by atoms with E-state index in [-0.39, 0.29) is 12.1 Å². The van der Waals surface area contributed by atoms with Gasteiger partial charge in [0.2, 0.25) is 5.91 Å². The highest BCUT2D eigenvalue weighted by atomic mass is 16.1. The van der Waals surface area contributed by atoms with Crippen molar-refractivity contribution >= 4 is 23.0 Å². The predicted molar refractivity (Wildman–Crippen MR) is 127 cm³/mol. The van der Waals surface area contributed by atoms with Gasteiger partial charge in [-0.3, -0.25) is 19.7 Å². The Morgan fingerprint density at radius 1 is 1.00 bits per heavy atom. The van der Waals surface area contributed by atoms with E-state index in [0.29, 0.717) is 12.5 Å². The van der Waals surface area contributed by atoms with Crippen LogP contribution >= 0.6 is 0 Å². The molecule has 1 unspecified atom stereocenters. The molecule has 6 nitrogen and oxygen atoms in total. The molecule has 5 rings (SSSR count). The molecule has 1 aromatic heterocycles. The highest BCUT2D eigenvalue weighted by molar-refractivity contribution is 5.81. The minimum atomic E-state index is -0.0370. The molecular formula is C26H29N5O. The minimum absolute atomic E-state index is 0.0370. The number of likely N-dealkylation sites (tertiary alicyclic amines) is 1. The summed E-state index contributed by atoms with van der Waals surface area (Å²) in [5.74, 6) is 0.0533. The van der Waals surface area contributed by atoms with Gasteiger partial charge < -0.3 is 5.32 Å². The van der Waals surface area contributed by atoms with Crippen LogP contribution in [0.5, 0.6) is 0 Å². The van der Waals surface area contributed by atoms with E-state index in [2.05, 4.69) is 49.6 Å². The molecule has 1 saturated heterocycles. The molecule has 0 spiro atoms. The van der Waals surface area contributed by atoms with Gasteiger partial charge in [-0.05, 0) is 30.0 Å². The topological polar surface area (TPSA) is 60.8 Å². The Balaban J connectivity index is 1.15. The molecule has 3 aromatic rings. The van der Waals surface area contributed by atoms with Crippen molar-refractivity contribution in [3.8, 4) is 0 Å². The van der Waals surface area contributed by atoms with E-state index >= 15 is 0 Å². The van der Waals surface area contributed by atoms with Crippen LogP contribution in [0.3, 0.4) is 0 Å². The van der Waals surface area contributed by atoms with Gasteiger partial charge in [-0.15, -0.1) is 0 Å². The molecule has 2 aromatic carbocycles. The lowest BCUT2D eigenvalue weighted by atomic mass is 10.0. The van der Waals surface area contributed by atoms with Crippen LogP contribution in [-0.2, 0) is 17.8 Å². The monoisotopic (exact) mass is 427 g/mol. The van der Waals surface area contributed by atoms with Gasteiger partial charge in [-0.25, -0.2) is 0 Å². The number of hydrazone groups is 1. The zero-order valence-corrected chi connectivity index (χ0v) is 18.2. The van der Waals surface area contributed by atoms with Crippen LogP contribution in [0.4, 0.5) is 0 Å². The number of nitrogens with one attached hydrogen (secondary N) is 1. The van der Waals surface area contributed by atoms with Crippen molar-refractivity contribution in [3.05, 3.63) is 78.0 Å². The normalized spacial score (nSPS) is 19.5. The van der Waals surface area contributed by atoms with E-state index in [0.717, 1.165) is 50.0 Å². The first kappa shape index (κ1) is 20.6. The second-order valence-corrected chi connectivity index (χ2v) is 8.66. The summed E-state index contributed by atoms with van der Waals surface area (Å²) in [7, 11) is 0. The van der Waals surface area contributed by atoms with Crippen LogP contribution in [0.1, 0.15) is 30.4 Å². The number of carbonyl (C=O) groups is 1. The average molecular weight is 428 g/mol. The third kappa shape index (κ3) is 4.65. The van der Waals surface area contributed by atoms with Gasteiger partial charge >= 0.3 is 0 Å². The maximum Gasteiger partial charge on any atom is 0.226 e. The smallest absolute Gasteiger partial charge is 0.226 e. The number of hydrogen-bond donors (Lipinski definition) is 1. The number of aromatic nitrogens is 1. The van der Waals surface area contributed by atoms with Gasteiger partial charge in [0.1, 0.15) is 6.17 Å². The molecule has 2 aliphatic heterocycles. The molecular weight excluding hydrogens is 398 g/mol. The zero-order chi connectivity index (χ0) is 21.8. The fourth-order valence-electron chi connectivity index (χ4n) is 4.80. The van der Waals surface area contributed by atoms with E-state index in [1.807, 2.05) is 48.8 Å². The van der Waals surface area contributed by atoms with Crippen molar-refractivity contribution in [1.29, 1.82) is 0 Å². The van der Waals surface area contributed by atoms with Crippen molar-refractivity contribution in [2.75, 3.05) is 13.1 Å². The van der Waals surface area contributed by atoms with Crippen LogP contribution in [0.15, 0.2) is 72.0 Å². The van der Waals surface area contributed by atoms with Crippen LogP contribution in [-0.4, -0.2) is 52.3 Å². The predicted octanol–water partition coefficient (Wildman–Crippen LogP) is 3.58. The maximum absolute atomic E-state index is 12.6. The number of carbonyl (C=O) groups excluding carboxylic acids is 1. The Labute approximate surface area is 188 Å². The fraction of sp³-hybridized carbons (Fsp3) is 0.346. The Morgan fingerprint density at radius 3 is 2.66 bits per heavy atom. The summed E-state index contributed by atoms with van der Waals surface area (Å²) >= 11 is 0. The molecule has 1 atom stereocenters. The van der Waals surface area contributed by atoms with Gasteiger partial charge in [0.15, 0.2) is 0 Å². The number of piperidine rings is 1. The molecule has 1 amide bonds. The number of fused-ring (bicyclic) bond motifs is 1. The fourth-order valence-corrected chi connectivity index (χ4v) is 4.80. The van der Waals surface area contributed by atoms with E-state index in [4.69, 9.17) is 0 Å². The maximum atomic E-state index is 12.6. The minimum Gasteiger partial charge on any atom is -0.334 e. The lowest BCUT2D eigenvalue weighted by Crippen LogP contribution is -2.51. The number of para-hydroxylation sites is 1. The molecule has 3 heterocycles. The highest BCUT2D eigenvalue weighted by Crippen LogP contribution is 2.25. The number of nitrogens with zero attached hydrogens (tertiary/aromatic N) is 4. The Kier molecular flexibility index (Phi) is 6.12. The summed E-state index contributed by atoms with van der Waals surface area (Å²) in [6.07, 6.45) is 7.02. The van der Waals surface area contributed by atoms with Crippen molar-refractivity contribution < 1.29 is 4.79 Å². The quantitative estimate of drug-likeness (QED) is 0.653. The standard InChI is InChI=1S/C26H29N5O/c32-25(18-20-6-2-1-3-7-20)29-24-11-15-28-31(24)23-12-16-30(17-13-23)19-22-9-4-8-21-10-5-14-27-26(21)22/h1-10,14-15,23-24H,11-13,16-19H2,(H,29,32). The van der Waals surface area contributed by atoms with Gasteiger partial charge in [-0.2, -0.15) is 5.10 Å². The number of pyridine rings is 1. The summed E-state index contributed by atoms with van der Waals surface area (Å²) in [6, 6.07) is 20.8. The van der Waals surface area contributed by atoms with Crippen molar-refractivity contribution in [2.24, 2.45) is 5.10 Å². The summed E-state index contributed by atoms with van der Waals surface area (Å²) in [5, 5.41) is 11.1. The number of rotatable bonds is 6. The molecule has 1 fully saturated rings. The first-order valence-corrected chi connectivity index (χ1v) is 11.5. The molecule has 0 saturated carbocycles. The largest absolute Gasteiger partial charge is 0.334 e. The summed E-state index contributed by atoms with van der Waals surface area (Å²) in [6.45, 7) is 2.96. The molecule has 0 radical (unpaired) electrons. The molecule has 0 bridgehead atoms. The van der Waals surface area contributed by atoms with Gasteiger partial charge in [0.25, 0.3) is 0 Å². The summed E-state index contributed by atoms with van der Waals surface area (Å²) in [5.41, 5.74) is 3.42. The van der Waals surface area contributed by atoms with Crippen molar-refractivity contribution in [3.63, 3.8) is 0 Å². The number of amides is 1. The zero-order valence-electron chi connectivity index (χ0n) is 18.2. The van der Waals surface area contributed by atoms with Crippen LogP contribution in [0.2, 0.25) is 0 Å². The molecule has 0 aliphatic carbocycles. The van der Waals surface area contributed by atoms with Crippen molar-refractivity contribution in [1.82, 2.24) is 20.2 Å². The number of hydrogen-bond acceptors (Lipinski definition) is 5. The second-order valence-electron chi connectivity index (χ2n) is 8.66. The molecule has 164 valence electrons. The van der Waals surface area contributed by atoms with Crippen LogP contribution in [0.25, 0.3) is 10.9 Å². The van der Waals surface area contributed by atoms with E-state index in [1.54, 1.807) is 0 Å². The van der Waals surface area contributed by atoms with E-state index in [1.165, 1.54) is 10.9 Å². The van der Waals surface area contributed by atoms with Crippen molar-refractivity contribution in [2.45, 2.75) is 44.4 Å². The molecule has 6 heteroatoms. The van der Waals surface area contributed by atoms with E-state index in [9.17, 15) is 4.79 Å². The lowest BCUT2D eigenvalue weighted by Gasteiger charge is -2.38. The molecule has 1 N–H and O–H groups in total. The van der Waals surface area contributed by atoms with E-state index < -0.39 is 0 Å². The summed E-state index contributed by atoms with van der Waals surface area (Å²) < 4.78 is 0. The van der Waals surface area contributed by atoms with Crippen LogP contribution in [0, 0.1) is 0 Å². The SMILES string of the molecule is O=C(Cc1ccccc1)NC1CC=NN1C1CCN(Cc2cccc3cccnc23)CC1. The highest BCUT2D eigenvalue weighted by Gasteiger charge is 2.31. The third-order valence-corrected chi connectivity index (χ3v) is 6.44. The van der Waals surface area contributed by atoms with Gasteiger partial charge in [0.05, 0.1) is 18.0 Å². The number of benzene rings is 2.